The second-order valence-electron chi connectivity index (χ2n) is 6.17. The monoisotopic (exact) mass is 337 g/mol. The minimum atomic E-state index is -0.380. The summed E-state index contributed by atoms with van der Waals surface area (Å²) in [6.45, 7) is 4.78. The molecule has 3 aromatic rings. The number of imidazole rings is 1. The van der Waals surface area contributed by atoms with E-state index >= 15 is 0 Å². The lowest BCUT2D eigenvalue weighted by atomic mass is 10.1. The molecule has 7 nitrogen and oxygen atoms in total. The Kier molecular flexibility index (Phi) is 4.17. The quantitative estimate of drug-likeness (QED) is 0.584. The molecule has 1 saturated heterocycles. The Balaban J connectivity index is 1.76. The van der Waals surface area contributed by atoms with Gasteiger partial charge in [0, 0.05) is 56.6 Å². The highest BCUT2D eigenvalue weighted by Gasteiger charge is 2.19. The van der Waals surface area contributed by atoms with E-state index in [0.29, 0.717) is 0 Å². The molecule has 0 saturated carbocycles. The fourth-order valence-corrected chi connectivity index (χ4v) is 3.25. The van der Waals surface area contributed by atoms with Crippen molar-refractivity contribution < 1.29 is 4.92 Å². The van der Waals surface area contributed by atoms with E-state index < -0.39 is 0 Å². The molecule has 1 aromatic carbocycles. The van der Waals surface area contributed by atoms with Gasteiger partial charge in [-0.2, -0.15) is 0 Å². The summed E-state index contributed by atoms with van der Waals surface area (Å²) in [5, 5.41) is 14.3. The Morgan fingerprint density at radius 3 is 2.60 bits per heavy atom. The first kappa shape index (κ1) is 15.7. The van der Waals surface area contributed by atoms with E-state index in [2.05, 4.69) is 14.6 Å². The van der Waals surface area contributed by atoms with Gasteiger partial charge in [-0.25, -0.2) is 4.98 Å². The summed E-state index contributed by atoms with van der Waals surface area (Å²) < 4.78 is 2.11. The Morgan fingerprint density at radius 2 is 1.88 bits per heavy atom. The molecule has 3 heterocycles. The predicted octanol–water partition coefficient (Wildman–Crippen LogP) is 2.31. The van der Waals surface area contributed by atoms with Crippen LogP contribution in [0, 0.1) is 10.1 Å². The van der Waals surface area contributed by atoms with Gasteiger partial charge in [0.1, 0.15) is 5.65 Å². The number of piperazine rings is 1. The minimum absolute atomic E-state index is 0.0937. The average Bonchev–Trinajstić information content (AvgIpc) is 3.01. The van der Waals surface area contributed by atoms with Gasteiger partial charge >= 0.3 is 0 Å². The molecule has 2 aromatic heterocycles. The van der Waals surface area contributed by atoms with Crippen molar-refractivity contribution in [3.8, 4) is 11.3 Å². The second-order valence-corrected chi connectivity index (χ2v) is 6.17. The van der Waals surface area contributed by atoms with Crippen LogP contribution in [-0.4, -0.2) is 45.4 Å². The Bertz CT molecular complexity index is 897. The van der Waals surface area contributed by atoms with E-state index in [4.69, 9.17) is 4.98 Å². The van der Waals surface area contributed by atoms with Gasteiger partial charge in [-0.1, -0.05) is 6.07 Å². The van der Waals surface area contributed by atoms with E-state index in [1.54, 1.807) is 12.1 Å². The van der Waals surface area contributed by atoms with Crippen LogP contribution in [0.2, 0.25) is 0 Å². The number of nitro groups is 1. The van der Waals surface area contributed by atoms with Crippen molar-refractivity contribution >= 4 is 11.3 Å². The number of benzene rings is 1. The van der Waals surface area contributed by atoms with Crippen LogP contribution in [0.1, 0.15) is 5.69 Å². The number of hydrogen-bond acceptors (Lipinski definition) is 5. The van der Waals surface area contributed by atoms with Crippen LogP contribution in [0.5, 0.6) is 0 Å². The highest BCUT2D eigenvalue weighted by atomic mass is 16.6. The van der Waals surface area contributed by atoms with Gasteiger partial charge < -0.3 is 9.72 Å². The number of non-ortho nitro benzene ring substituents is 1. The molecule has 1 aliphatic rings. The molecule has 0 unspecified atom stereocenters. The van der Waals surface area contributed by atoms with E-state index in [0.717, 1.165) is 55.3 Å². The average molecular weight is 337 g/mol. The zero-order valence-electron chi connectivity index (χ0n) is 13.8. The number of rotatable bonds is 4. The number of pyridine rings is 1. The first-order valence-corrected chi connectivity index (χ1v) is 8.36. The van der Waals surface area contributed by atoms with E-state index in [1.165, 1.54) is 12.1 Å². The molecule has 0 radical (unpaired) electrons. The maximum absolute atomic E-state index is 10.9. The van der Waals surface area contributed by atoms with Gasteiger partial charge in [0.2, 0.25) is 0 Å². The molecular weight excluding hydrogens is 318 g/mol. The zero-order valence-corrected chi connectivity index (χ0v) is 13.8. The molecule has 1 aliphatic heterocycles. The van der Waals surface area contributed by atoms with Crippen molar-refractivity contribution in [2.75, 3.05) is 26.2 Å². The highest BCUT2D eigenvalue weighted by Crippen LogP contribution is 2.27. The number of fused-ring (bicyclic) bond motifs is 1. The molecular formula is C18H19N5O2. The van der Waals surface area contributed by atoms with Crippen molar-refractivity contribution in [2.45, 2.75) is 6.54 Å². The summed E-state index contributed by atoms with van der Waals surface area (Å²) in [5.74, 6) is 0. The predicted molar refractivity (Wildman–Crippen MR) is 95.4 cm³/mol. The highest BCUT2D eigenvalue weighted by molar-refractivity contribution is 5.67. The van der Waals surface area contributed by atoms with Gasteiger partial charge in [0.05, 0.1) is 16.3 Å². The molecule has 0 bridgehead atoms. The normalized spacial score (nSPS) is 15.5. The Labute approximate surface area is 145 Å². The number of nitro benzene ring substituents is 1. The topological polar surface area (TPSA) is 75.7 Å². The molecule has 0 spiro atoms. The summed E-state index contributed by atoms with van der Waals surface area (Å²) in [5.41, 5.74) is 3.89. The van der Waals surface area contributed by atoms with Crippen molar-refractivity contribution in [3.05, 3.63) is 64.5 Å². The summed E-state index contributed by atoms with van der Waals surface area (Å²) in [6, 6.07) is 12.6. The Hall–Kier alpha value is -2.77. The molecule has 0 amide bonds. The molecule has 0 atom stereocenters. The van der Waals surface area contributed by atoms with Crippen molar-refractivity contribution in [1.82, 2.24) is 19.6 Å². The number of nitrogens with zero attached hydrogens (tertiary/aromatic N) is 4. The lowest BCUT2D eigenvalue weighted by Gasteiger charge is -2.27. The first-order chi connectivity index (χ1) is 12.2. The van der Waals surface area contributed by atoms with E-state index in [-0.39, 0.29) is 10.6 Å². The van der Waals surface area contributed by atoms with Gasteiger partial charge in [-0.05, 0) is 24.3 Å². The maximum Gasteiger partial charge on any atom is 0.269 e. The van der Waals surface area contributed by atoms with Crippen molar-refractivity contribution in [2.24, 2.45) is 0 Å². The largest absolute Gasteiger partial charge is 0.314 e. The maximum atomic E-state index is 10.9. The fraction of sp³-hybridized carbons (Fsp3) is 0.278. The van der Waals surface area contributed by atoms with Crippen LogP contribution in [-0.2, 0) is 6.54 Å². The molecule has 128 valence electrons. The smallest absolute Gasteiger partial charge is 0.269 e. The van der Waals surface area contributed by atoms with Crippen LogP contribution in [0.4, 0.5) is 5.69 Å². The molecule has 1 fully saturated rings. The van der Waals surface area contributed by atoms with Crippen LogP contribution in [0.25, 0.3) is 16.9 Å². The molecule has 0 aliphatic carbocycles. The lowest BCUT2D eigenvalue weighted by Crippen LogP contribution is -2.43. The van der Waals surface area contributed by atoms with Crippen LogP contribution >= 0.6 is 0 Å². The second kappa shape index (κ2) is 6.62. The summed E-state index contributed by atoms with van der Waals surface area (Å²) >= 11 is 0. The van der Waals surface area contributed by atoms with E-state index in [1.807, 2.05) is 24.4 Å². The van der Waals surface area contributed by atoms with Crippen molar-refractivity contribution in [3.63, 3.8) is 0 Å². The van der Waals surface area contributed by atoms with Gasteiger partial charge in [0.25, 0.3) is 5.69 Å². The molecule has 4 rings (SSSR count). The third-order valence-electron chi connectivity index (χ3n) is 4.56. The lowest BCUT2D eigenvalue weighted by molar-refractivity contribution is -0.384. The number of nitrogens with one attached hydrogen (secondary N) is 1. The Morgan fingerprint density at radius 1 is 1.12 bits per heavy atom. The number of hydrogen-bond donors (Lipinski definition) is 1. The van der Waals surface area contributed by atoms with E-state index in [9.17, 15) is 10.1 Å². The van der Waals surface area contributed by atoms with Gasteiger partial charge in [-0.15, -0.1) is 0 Å². The SMILES string of the molecule is O=[N+]([O-])c1ccc(-c2nc3ccccn3c2CN2CCNCC2)cc1. The molecule has 25 heavy (non-hydrogen) atoms. The molecule has 7 heteroatoms. The number of aromatic nitrogens is 2. The molecule has 1 N–H and O–H groups in total. The van der Waals surface area contributed by atoms with Crippen molar-refractivity contribution in [1.29, 1.82) is 0 Å². The minimum Gasteiger partial charge on any atom is -0.314 e. The van der Waals surface area contributed by atoms with Gasteiger partial charge in [0.15, 0.2) is 0 Å². The van der Waals surface area contributed by atoms with Crippen LogP contribution < -0.4 is 5.32 Å². The fourth-order valence-electron chi connectivity index (χ4n) is 3.25. The third kappa shape index (κ3) is 3.11. The van der Waals surface area contributed by atoms with Crippen LogP contribution in [0.15, 0.2) is 48.7 Å². The summed E-state index contributed by atoms with van der Waals surface area (Å²) in [6.07, 6.45) is 2.02. The van der Waals surface area contributed by atoms with Gasteiger partial charge in [-0.3, -0.25) is 15.0 Å². The van der Waals surface area contributed by atoms with Crippen LogP contribution in [0.3, 0.4) is 0 Å². The summed E-state index contributed by atoms with van der Waals surface area (Å²) in [4.78, 5) is 17.7. The first-order valence-electron chi connectivity index (χ1n) is 8.36. The summed E-state index contributed by atoms with van der Waals surface area (Å²) in [7, 11) is 0. The standard InChI is InChI=1S/C18H19N5O2/c24-23(25)15-6-4-14(5-7-15)18-16(13-21-11-8-19-9-12-21)22-10-2-1-3-17(22)20-18/h1-7,10,19H,8-9,11-13H2. The third-order valence-corrected chi connectivity index (χ3v) is 4.56. The zero-order chi connectivity index (χ0) is 17.2.